The van der Waals surface area contributed by atoms with Crippen molar-refractivity contribution in [3.63, 3.8) is 0 Å². The summed E-state index contributed by atoms with van der Waals surface area (Å²) in [6.07, 6.45) is 4.20. The Kier molecular flexibility index (Phi) is 11.0. The first-order chi connectivity index (χ1) is 12.6. The van der Waals surface area contributed by atoms with Crippen LogP contribution in [0.1, 0.15) is 81.1 Å². The van der Waals surface area contributed by atoms with E-state index < -0.39 is 23.0 Å². The average molecular weight is 399 g/mol. The molecule has 28 heavy (non-hydrogen) atoms. The molecule has 2 atom stereocenters. The SMILES string of the molecule is CC(C)CC(CC(C)(C)N)OC(=O)/C=C/C(=O)OC(CC(C)C)CC(C)(C)N. The molecule has 0 amide bonds. The molecule has 0 bridgehead atoms. The first kappa shape index (κ1) is 26.6. The second kappa shape index (κ2) is 11.6. The number of rotatable bonds is 12. The molecule has 0 fully saturated rings. The summed E-state index contributed by atoms with van der Waals surface area (Å²) < 4.78 is 11.0. The minimum atomic E-state index is -0.564. The predicted molar refractivity (Wildman–Crippen MR) is 114 cm³/mol. The van der Waals surface area contributed by atoms with Gasteiger partial charge in [0.25, 0.3) is 0 Å². The van der Waals surface area contributed by atoms with Gasteiger partial charge in [0.1, 0.15) is 12.2 Å². The fourth-order valence-electron chi connectivity index (χ4n) is 3.11. The lowest BCUT2D eigenvalue weighted by atomic mass is 9.93. The molecule has 2 unspecified atom stereocenters. The monoisotopic (exact) mass is 398 g/mol. The van der Waals surface area contributed by atoms with Crippen LogP contribution in [0.15, 0.2) is 12.2 Å². The van der Waals surface area contributed by atoms with Crippen LogP contribution in [0, 0.1) is 11.8 Å². The van der Waals surface area contributed by atoms with Gasteiger partial charge in [-0.2, -0.15) is 0 Å². The molecule has 164 valence electrons. The molecule has 0 radical (unpaired) electrons. The Morgan fingerprint density at radius 2 is 1.04 bits per heavy atom. The molecule has 0 spiro atoms. The Balaban J connectivity index is 4.83. The van der Waals surface area contributed by atoms with E-state index in [-0.39, 0.29) is 12.2 Å². The first-order valence-electron chi connectivity index (χ1n) is 10.2. The zero-order chi connectivity index (χ0) is 22.1. The Bertz CT molecular complexity index is 468. The van der Waals surface area contributed by atoms with Gasteiger partial charge in [-0.25, -0.2) is 9.59 Å². The van der Waals surface area contributed by atoms with E-state index in [9.17, 15) is 9.59 Å². The van der Waals surface area contributed by atoms with Crippen molar-refractivity contribution in [1.82, 2.24) is 0 Å². The molecule has 0 aromatic heterocycles. The number of hydrogen-bond acceptors (Lipinski definition) is 6. The van der Waals surface area contributed by atoms with Gasteiger partial charge in [-0.3, -0.25) is 0 Å². The molecule has 0 saturated carbocycles. The van der Waals surface area contributed by atoms with Crippen LogP contribution in [-0.4, -0.2) is 35.2 Å². The second-order valence-electron chi connectivity index (χ2n) is 10.1. The van der Waals surface area contributed by atoms with Gasteiger partial charge >= 0.3 is 11.9 Å². The van der Waals surface area contributed by atoms with Crippen molar-refractivity contribution in [1.29, 1.82) is 0 Å². The molecule has 6 nitrogen and oxygen atoms in total. The standard InChI is InChI=1S/C22H42N2O4/c1-15(2)11-17(13-21(5,6)23)27-19(25)9-10-20(26)28-18(12-16(3)4)14-22(7,8)24/h9-10,15-18H,11-14,23-24H2,1-8H3/b10-9+. The number of ether oxygens (including phenoxy) is 2. The van der Waals surface area contributed by atoms with E-state index in [4.69, 9.17) is 20.9 Å². The van der Waals surface area contributed by atoms with Crippen LogP contribution in [0.4, 0.5) is 0 Å². The summed E-state index contributed by atoms with van der Waals surface area (Å²) >= 11 is 0. The van der Waals surface area contributed by atoms with Gasteiger partial charge in [0, 0.05) is 36.1 Å². The highest BCUT2D eigenvalue weighted by molar-refractivity contribution is 5.91. The van der Waals surface area contributed by atoms with Crippen LogP contribution in [0.3, 0.4) is 0 Å². The zero-order valence-corrected chi connectivity index (χ0v) is 19.1. The second-order valence-corrected chi connectivity index (χ2v) is 10.1. The van der Waals surface area contributed by atoms with Gasteiger partial charge < -0.3 is 20.9 Å². The third-order valence-electron chi connectivity index (χ3n) is 3.90. The summed E-state index contributed by atoms with van der Waals surface area (Å²) in [6, 6.07) is 0. The minimum Gasteiger partial charge on any atom is -0.459 e. The highest BCUT2D eigenvalue weighted by Crippen LogP contribution is 2.19. The van der Waals surface area contributed by atoms with Gasteiger partial charge in [0.2, 0.25) is 0 Å². The molecular weight excluding hydrogens is 356 g/mol. The molecule has 0 heterocycles. The Morgan fingerprint density at radius 1 is 0.750 bits per heavy atom. The predicted octanol–water partition coefficient (Wildman–Crippen LogP) is 3.71. The summed E-state index contributed by atoms with van der Waals surface area (Å²) in [6.45, 7) is 15.8. The van der Waals surface area contributed by atoms with Crippen LogP contribution in [0.2, 0.25) is 0 Å². The third kappa shape index (κ3) is 15.6. The Hall–Kier alpha value is -1.40. The van der Waals surface area contributed by atoms with E-state index in [1.54, 1.807) is 0 Å². The van der Waals surface area contributed by atoms with Crippen LogP contribution in [0.5, 0.6) is 0 Å². The molecule has 0 aliphatic heterocycles. The van der Waals surface area contributed by atoms with Crippen molar-refractivity contribution < 1.29 is 19.1 Å². The highest BCUT2D eigenvalue weighted by atomic mass is 16.5. The fraction of sp³-hybridized carbons (Fsp3) is 0.818. The van der Waals surface area contributed by atoms with Crippen molar-refractivity contribution in [3.8, 4) is 0 Å². The maximum atomic E-state index is 12.1. The van der Waals surface area contributed by atoms with Crippen LogP contribution >= 0.6 is 0 Å². The molecule has 0 rings (SSSR count). The lowest BCUT2D eigenvalue weighted by molar-refractivity contribution is -0.147. The lowest BCUT2D eigenvalue weighted by Crippen LogP contribution is -2.38. The lowest BCUT2D eigenvalue weighted by Gasteiger charge is -2.27. The molecule has 0 aromatic carbocycles. The van der Waals surface area contributed by atoms with Gasteiger partial charge in [-0.15, -0.1) is 0 Å². The number of carbonyl (C=O) groups excluding carboxylic acids is 2. The highest BCUT2D eigenvalue weighted by Gasteiger charge is 2.24. The van der Waals surface area contributed by atoms with E-state index >= 15 is 0 Å². The maximum Gasteiger partial charge on any atom is 0.331 e. The molecule has 4 N–H and O–H groups in total. The summed E-state index contributed by atoms with van der Waals surface area (Å²) in [7, 11) is 0. The third-order valence-corrected chi connectivity index (χ3v) is 3.90. The van der Waals surface area contributed by atoms with Crippen molar-refractivity contribution in [3.05, 3.63) is 12.2 Å². The largest absolute Gasteiger partial charge is 0.459 e. The van der Waals surface area contributed by atoms with Crippen LogP contribution in [0.25, 0.3) is 0 Å². The first-order valence-corrected chi connectivity index (χ1v) is 10.2. The van der Waals surface area contributed by atoms with Crippen molar-refractivity contribution in [2.45, 2.75) is 104 Å². The molecule has 0 aliphatic carbocycles. The van der Waals surface area contributed by atoms with Gasteiger partial charge in [0.05, 0.1) is 0 Å². The number of esters is 2. The van der Waals surface area contributed by atoms with Crippen LogP contribution < -0.4 is 11.5 Å². The smallest absolute Gasteiger partial charge is 0.331 e. The summed E-state index contributed by atoms with van der Waals surface area (Å²) in [5, 5.41) is 0. The average Bonchev–Trinajstić information content (AvgIpc) is 2.39. The van der Waals surface area contributed by atoms with Gasteiger partial charge in [-0.1, -0.05) is 27.7 Å². The molecular formula is C22H42N2O4. The summed E-state index contributed by atoms with van der Waals surface area (Å²) in [4.78, 5) is 24.3. The number of hydrogen-bond donors (Lipinski definition) is 2. The van der Waals surface area contributed by atoms with Crippen molar-refractivity contribution in [2.24, 2.45) is 23.3 Å². The van der Waals surface area contributed by atoms with Crippen molar-refractivity contribution >= 4 is 11.9 Å². The van der Waals surface area contributed by atoms with Gasteiger partial charge in [-0.05, 0) is 52.4 Å². The summed E-state index contributed by atoms with van der Waals surface area (Å²) in [5.74, 6) is -0.395. The molecule has 0 saturated heterocycles. The van der Waals surface area contributed by atoms with E-state index in [1.165, 1.54) is 0 Å². The maximum absolute atomic E-state index is 12.1. The molecule has 0 aromatic rings. The Labute approximate surface area is 171 Å². The number of nitrogens with two attached hydrogens (primary N) is 2. The van der Waals surface area contributed by atoms with E-state index in [2.05, 4.69) is 27.7 Å². The number of carbonyl (C=O) groups is 2. The van der Waals surface area contributed by atoms with Gasteiger partial charge in [0.15, 0.2) is 0 Å². The topological polar surface area (TPSA) is 105 Å². The zero-order valence-electron chi connectivity index (χ0n) is 19.1. The van der Waals surface area contributed by atoms with E-state index in [1.807, 2.05) is 27.7 Å². The van der Waals surface area contributed by atoms with Crippen LogP contribution in [-0.2, 0) is 19.1 Å². The fourth-order valence-corrected chi connectivity index (χ4v) is 3.11. The minimum absolute atomic E-state index is 0.292. The molecule has 0 aliphatic rings. The van der Waals surface area contributed by atoms with E-state index in [0.717, 1.165) is 12.2 Å². The Morgan fingerprint density at radius 3 is 1.25 bits per heavy atom. The quantitative estimate of drug-likeness (QED) is 0.383. The molecule has 6 heteroatoms. The van der Waals surface area contributed by atoms with E-state index in [0.29, 0.717) is 37.5 Å². The van der Waals surface area contributed by atoms with Crippen molar-refractivity contribution in [2.75, 3.05) is 0 Å². The normalized spacial score (nSPS) is 15.1. The summed E-state index contributed by atoms with van der Waals surface area (Å²) in [5.41, 5.74) is 11.2.